The van der Waals surface area contributed by atoms with Crippen molar-refractivity contribution in [1.29, 1.82) is 0 Å². The van der Waals surface area contributed by atoms with Crippen molar-refractivity contribution in [2.75, 3.05) is 62.5 Å². The summed E-state index contributed by atoms with van der Waals surface area (Å²) >= 11 is 0. The molecule has 5 N–H and O–H groups in total. The van der Waals surface area contributed by atoms with Gasteiger partial charge < -0.3 is 65.4 Å². The molecule has 11 amide bonds. The fourth-order valence-corrected chi connectivity index (χ4v) is 11.8. The minimum atomic E-state index is -1.65. The van der Waals surface area contributed by atoms with Crippen molar-refractivity contribution < 1.29 is 67.4 Å². The lowest BCUT2D eigenvalue weighted by Gasteiger charge is -2.41. The monoisotopic (exact) mass is 1320 g/mol. The van der Waals surface area contributed by atoms with Gasteiger partial charge in [-0.3, -0.25) is 57.5 Å². The maximum absolute atomic E-state index is 15.3. The molecule has 25 nitrogen and oxygen atoms in total. The number of rotatable bonds is 18. The third kappa shape index (κ3) is 22.9. The van der Waals surface area contributed by atoms with Crippen molar-refractivity contribution in [3.8, 4) is 0 Å². The van der Waals surface area contributed by atoms with Gasteiger partial charge in [0.1, 0.15) is 60.4 Å². The Morgan fingerprint density at radius 3 is 1.50 bits per heavy atom. The summed E-state index contributed by atoms with van der Waals surface area (Å²) in [4.78, 5) is 183. The van der Waals surface area contributed by atoms with Gasteiger partial charge in [-0.1, -0.05) is 120 Å². The number of methoxy groups -OCH3 is 1. The molecule has 530 valence electrons. The van der Waals surface area contributed by atoms with Gasteiger partial charge in [-0.2, -0.15) is 0 Å². The van der Waals surface area contributed by atoms with Crippen LogP contribution in [0, 0.1) is 35.5 Å². The minimum absolute atomic E-state index is 0.0185. The van der Waals surface area contributed by atoms with E-state index in [1.807, 2.05) is 41.5 Å². The van der Waals surface area contributed by atoms with Crippen molar-refractivity contribution in [3.05, 3.63) is 47.5 Å². The number of hydrogen-bond donors (Lipinski definition) is 5. The molecule has 2 unspecified atom stereocenters. The van der Waals surface area contributed by atoms with Gasteiger partial charge in [0.25, 0.3) is 0 Å². The zero-order valence-electron chi connectivity index (χ0n) is 60.5. The molecule has 0 saturated carbocycles. The molecule has 1 saturated heterocycles. The normalized spacial score (nSPS) is 25.3. The van der Waals surface area contributed by atoms with E-state index in [2.05, 4.69) is 21.3 Å². The van der Waals surface area contributed by atoms with E-state index in [-0.39, 0.29) is 69.2 Å². The Bertz CT molecular complexity index is 2790. The molecule has 1 fully saturated rings. The molecule has 94 heavy (non-hydrogen) atoms. The van der Waals surface area contributed by atoms with Crippen LogP contribution in [0.15, 0.2) is 36.4 Å². The second kappa shape index (κ2) is 38.2. The number of benzene rings is 1. The van der Waals surface area contributed by atoms with Crippen molar-refractivity contribution in [2.24, 2.45) is 35.5 Å². The van der Waals surface area contributed by atoms with Crippen LogP contribution in [-0.2, 0) is 75.1 Å². The van der Waals surface area contributed by atoms with Crippen LogP contribution in [0.1, 0.15) is 154 Å². The number of likely N-dealkylation sites (N-methyl/N-ethyl adjacent to an activating group) is 7. The number of hydrogen-bond acceptors (Lipinski definition) is 14. The first-order valence-electron chi connectivity index (χ1n) is 33.3. The Morgan fingerprint density at radius 2 is 1.02 bits per heavy atom. The van der Waals surface area contributed by atoms with Gasteiger partial charge in [-0.25, -0.2) is 0 Å². The molecule has 2 rings (SSSR count). The average Bonchev–Trinajstić information content (AvgIpc) is 0.811. The van der Waals surface area contributed by atoms with Gasteiger partial charge in [0.05, 0.1) is 26.2 Å². The first-order valence-corrected chi connectivity index (χ1v) is 33.3. The molecule has 1 aliphatic heterocycles. The van der Waals surface area contributed by atoms with Crippen LogP contribution in [-0.4, -0.2) is 239 Å². The van der Waals surface area contributed by atoms with E-state index in [0.29, 0.717) is 11.1 Å². The van der Waals surface area contributed by atoms with Gasteiger partial charge in [0.15, 0.2) is 0 Å². The molecule has 0 aromatic heterocycles. The third-order valence-corrected chi connectivity index (χ3v) is 17.6. The lowest BCUT2D eigenvalue weighted by molar-refractivity contribution is -0.157. The second-order valence-electron chi connectivity index (χ2n) is 27.4. The molecular weight excluding hydrogens is 1210 g/mol. The number of carbonyl (C=O) groups is 12. The van der Waals surface area contributed by atoms with Crippen LogP contribution in [0.3, 0.4) is 0 Å². The van der Waals surface area contributed by atoms with Crippen molar-refractivity contribution in [2.45, 2.75) is 222 Å². The molecule has 1 aliphatic rings. The Kier molecular flexibility index (Phi) is 33.6. The fourth-order valence-electron chi connectivity index (χ4n) is 11.8. The molecule has 1 aromatic carbocycles. The van der Waals surface area contributed by atoms with Crippen LogP contribution < -0.4 is 21.3 Å². The van der Waals surface area contributed by atoms with Gasteiger partial charge in [0.2, 0.25) is 65.0 Å². The van der Waals surface area contributed by atoms with Crippen molar-refractivity contribution in [1.82, 2.24) is 55.6 Å². The van der Waals surface area contributed by atoms with E-state index in [4.69, 9.17) is 4.74 Å². The summed E-state index contributed by atoms with van der Waals surface area (Å²) in [7, 11) is 9.70. The summed E-state index contributed by atoms with van der Waals surface area (Å²) in [5, 5.41) is 23.2. The number of ether oxygens (including phenoxy) is 1. The highest BCUT2D eigenvalue weighted by Crippen LogP contribution is 2.26. The largest absolute Gasteiger partial charge is 0.469 e. The number of nitrogens with one attached hydrogen (secondary N) is 4. The van der Waals surface area contributed by atoms with Gasteiger partial charge in [-0.15, -0.1) is 0 Å². The topological polar surface area (TPSA) is 305 Å². The summed E-state index contributed by atoms with van der Waals surface area (Å²) in [6.45, 7) is 26.9. The summed E-state index contributed by atoms with van der Waals surface area (Å²) in [5.74, 6) is -10.7. The number of nitrogens with zero attached hydrogens (tertiary/aromatic N) is 7. The standard InChI is InChI=1S/C69H115N11O14/c1-24-27-28-44(14)59(83)58-63(87)72-49(25-2)65(89)74(17)38-54(81)80(26-3)51(36-47-29-31-48(32-30-47)37-55(82)94-23)62(86)73-56(42(10)11)68(92)75(18)50(33-39(4)5)61(85)70-45(15)60(84)71-46(16)64(88)76(19)52(34-40(6)7)66(90)77(20)53(35-41(8)9)67(91)78(21)57(43(12)13)69(93)79(58)22/h24,27,29-32,39-46,49-53,56-59,83H,25-26,28,33-38H2,1-23H3,(H,70,85)(H,71,84)(H,72,87)(H,73,86)/b27-24+/t44-,45+,46-,49?,50+,51?,52+,53+,56+,57+,58+,59-/m1/s1. The van der Waals surface area contributed by atoms with E-state index >= 15 is 19.2 Å². The van der Waals surface area contributed by atoms with E-state index < -0.39 is 162 Å². The van der Waals surface area contributed by atoms with Gasteiger partial charge in [0, 0.05) is 55.3 Å². The summed E-state index contributed by atoms with van der Waals surface area (Å²) < 4.78 is 4.84. The number of amides is 11. The Labute approximate surface area is 559 Å². The molecule has 0 radical (unpaired) electrons. The molecular formula is C69H115N11O14. The van der Waals surface area contributed by atoms with E-state index in [1.165, 1.54) is 87.7 Å². The molecule has 0 aliphatic carbocycles. The lowest BCUT2D eigenvalue weighted by Crippen LogP contribution is -2.63. The molecule has 1 aromatic rings. The molecule has 1 heterocycles. The quantitative estimate of drug-likeness (QED) is 0.104. The van der Waals surface area contributed by atoms with Crippen LogP contribution in [0.2, 0.25) is 0 Å². The summed E-state index contributed by atoms with van der Waals surface area (Å²) in [5.41, 5.74) is 1.17. The summed E-state index contributed by atoms with van der Waals surface area (Å²) in [6.07, 6.45) is 2.55. The van der Waals surface area contributed by atoms with E-state index in [0.717, 1.165) is 9.80 Å². The Hall–Kier alpha value is -7.44. The third-order valence-electron chi connectivity index (χ3n) is 17.6. The predicted molar refractivity (Wildman–Crippen MR) is 359 cm³/mol. The Balaban J connectivity index is 3.07. The first kappa shape index (κ1) is 82.7. The number of allylic oxidation sites excluding steroid dienone is 2. The van der Waals surface area contributed by atoms with Crippen LogP contribution in [0.4, 0.5) is 0 Å². The molecule has 25 heteroatoms. The predicted octanol–water partition coefficient (Wildman–Crippen LogP) is 3.57. The Morgan fingerprint density at radius 1 is 0.553 bits per heavy atom. The maximum atomic E-state index is 15.3. The van der Waals surface area contributed by atoms with Crippen LogP contribution in [0.25, 0.3) is 0 Å². The number of carbonyl (C=O) groups excluding carboxylic acids is 12. The molecule has 0 bridgehead atoms. The van der Waals surface area contributed by atoms with E-state index in [9.17, 15) is 43.5 Å². The zero-order chi connectivity index (χ0) is 72.1. The van der Waals surface area contributed by atoms with Crippen LogP contribution >= 0.6 is 0 Å². The maximum Gasteiger partial charge on any atom is 0.309 e. The smallest absolute Gasteiger partial charge is 0.309 e. The number of esters is 1. The fraction of sp³-hybridized carbons (Fsp3) is 0.710. The van der Waals surface area contributed by atoms with Gasteiger partial charge >= 0.3 is 5.97 Å². The minimum Gasteiger partial charge on any atom is -0.469 e. The summed E-state index contributed by atoms with van der Waals surface area (Å²) in [6, 6.07) is -6.17. The molecule has 12 atom stereocenters. The first-order chi connectivity index (χ1) is 43.7. The highest BCUT2D eigenvalue weighted by Gasteiger charge is 2.46. The highest BCUT2D eigenvalue weighted by molar-refractivity contribution is 5.99. The van der Waals surface area contributed by atoms with Crippen molar-refractivity contribution >= 4 is 70.9 Å². The van der Waals surface area contributed by atoms with Crippen molar-refractivity contribution in [3.63, 3.8) is 0 Å². The number of aliphatic hydroxyl groups is 1. The van der Waals surface area contributed by atoms with Gasteiger partial charge in [-0.05, 0) is 106 Å². The highest BCUT2D eigenvalue weighted by atomic mass is 16.5. The second-order valence-corrected chi connectivity index (χ2v) is 27.4. The SMILES string of the molecule is C/C=C/C[C@@H](C)[C@@H](O)[C@H]1C(=O)NC(CC)C(=O)N(C)CC(=O)N(CC)C(Cc2ccc(CC(=O)OC)cc2)C(=O)N[C@@H](C(C)C)C(=O)N(C)[C@@H](CC(C)C)C(=O)N[C@@H](C)C(=O)N[C@H](C)C(=O)N(C)[C@@H](CC(C)C)C(=O)N(C)[C@@H](CC(C)C)C(=O)N(C)[C@@H](C(C)C)C(=O)N1C. The van der Waals surface area contributed by atoms with E-state index in [1.54, 1.807) is 91.8 Å². The average molecular weight is 1320 g/mol. The molecule has 0 spiro atoms. The zero-order valence-corrected chi connectivity index (χ0v) is 60.5. The number of aliphatic hydroxyl groups excluding tert-OH is 1. The van der Waals surface area contributed by atoms with Crippen LogP contribution in [0.5, 0.6) is 0 Å². The lowest BCUT2D eigenvalue weighted by atomic mass is 9.91.